The Hall–Kier alpha value is -1.12. The van der Waals surface area contributed by atoms with Crippen molar-refractivity contribution >= 4 is 39.3 Å². The van der Waals surface area contributed by atoms with Crippen molar-refractivity contribution in [2.24, 2.45) is 0 Å². The van der Waals surface area contributed by atoms with E-state index in [1.807, 2.05) is 10.3 Å². The van der Waals surface area contributed by atoms with Gasteiger partial charge in [0.1, 0.15) is 5.69 Å². The predicted molar refractivity (Wildman–Crippen MR) is 89.8 cm³/mol. The Labute approximate surface area is 138 Å². The number of rotatable bonds is 3. The molecule has 2 aliphatic rings. The molecule has 0 bridgehead atoms. The van der Waals surface area contributed by atoms with E-state index >= 15 is 0 Å². The second-order valence-electron chi connectivity index (χ2n) is 5.75. The molecule has 0 spiro atoms. The van der Waals surface area contributed by atoms with E-state index in [1.165, 1.54) is 23.1 Å². The first-order valence-corrected chi connectivity index (χ1v) is 9.14. The molecule has 0 aliphatic carbocycles. The van der Waals surface area contributed by atoms with Crippen LogP contribution in [0.15, 0.2) is 5.38 Å². The largest absolute Gasteiger partial charge is 0.346 e. The fourth-order valence-electron chi connectivity index (χ4n) is 2.58. The van der Waals surface area contributed by atoms with Crippen molar-refractivity contribution in [2.75, 3.05) is 51.2 Å². The normalized spacial score (nSPS) is 20.1. The smallest absolute Gasteiger partial charge is 0.273 e. The Balaban J connectivity index is 1.55. The molecule has 8 heteroatoms. The van der Waals surface area contributed by atoms with Gasteiger partial charge in [0.25, 0.3) is 5.91 Å². The van der Waals surface area contributed by atoms with E-state index in [0.29, 0.717) is 10.9 Å². The van der Waals surface area contributed by atoms with Gasteiger partial charge in [-0.05, 0) is 7.05 Å². The lowest BCUT2D eigenvalue weighted by atomic mass is 10.2. The van der Waals surface area contributed by atoms with E-state index in [-0.39, 0.29) is 11.0 Å². The Kier molecular flexibility index (Phi) is 4.70. The highest BCUT2D eigenvalue weighted by Crippen LogP contribution is 2.30. The van der Waals surface area contributed by atoms with E-state index in [2.05, 4.69) is 21.8 Å². The van der Waals surface area contributed by atoms with Crippen LogP contribution in [0, 0.1) is 0 Å². The zero-order valence-corrected chi connectivity index (χ0v) is 14.5. The van der Waals surface area contributed by atoms with Crippen molar-refractivity contribution in [3.8, 4) is 0 Å². The van der Waals surface area contributed by atoms with Crippen molar-refractivity contribution in [1.82, 2.24) is 14.8 Å². The highest BCUT2D eigenvalue weighted by molar-refractivity contribution is 8.14. The van der Waals surface area contributed by atoms with Crippen LogP contribution in [0.3, 0.4) is 0 Å². The molecular formula is C14H20N4O2S2. The van der Waals surface area contributed by atoms with Gasteiger partial charge in [-0.1, -0.05) is 11.8 Å². The van der Waals surface area contributed by atoms with Gasteiger partial charge in [0.2, 0.25) is 0 Å². The van der Waals surface area contributed by atoms with E-state index in [9.17, 15) is 9.59 Å². The van der Waals surface area contributed by atoms with Crippen LogP contribution < -0.4 is 4.90 Å². The molecule has 0 atom stereocenters. The van der Waals surface area contributed by atoms with Crippen LogP contribution in [-0.2, 0) is 4.79 Å². The summed E-state index contributed by atoms with van der Waals surface area (Å²) in [6.07, 6.45) is 0. The van der Waals surface area contributed by atoms with Crippen molar-refractivity contribution in [3.63, 3.8) is 0 Å². The number of nitrogens with zero attached hydrogens (tertiary/aromatic N) is 4. The minimum Gasteiger partial charge on any atom is -0.346 e. The highest BCUT2D eigenvalue weighted by atomic mass is 32.2. The number of anilines is 1. The van der Waals surface area contributed by atoms with Crippen LogP contribution in [0.4, 0.5) is 5.13 Å². The summed E-state index contributed by atoms with van der Waals surface area (Å²) >= 11 is 2.90. The van der Waals surface area contributed by atoms with Gasteiger partial charge >= 0.3 is 0 Å². The van der Waals surface area contributed by atoms with Gasteiger partial charge in [-0.25, -0.2) is 4.98 Å². The molecule has 0 N–H and O–H groups in total. The summed E-state index contributed by atoms with van der Waals surface area (Å²) in [5, 5.41) is 3.26. The third kappa shape index (κ3) is 3.44. The molecule has 120 valence electrons. The molecule has 2 aliphatic heterocycles. The number of carbonyl (C=O) groups is 2. The summed E-state index contributed by atoms with van der Waals surface area (Å²) in [5.41, 5.74) is 0.548. The van der Waals surface area contributed by atoms with Gasteiger partial charge in [0.15, 0.2) is 10.2 Å². The van der Waals surface area contributed by atoms with E-state index < -0.39 is 0 Å². The van der Waals surface area contributed by atoms with E-state index in [0.717, 1.165) is 44.4 Å². The molecule has 0 saturated carbocycles. The monoisotopic (exact) mass is 340 g/mol. The molecule has 2 saturated heterocycles. The maximum Gasteiger partial charge on any atom is 0.273 e. The summed E-state index contributed by atoms with van der Waals surface area (Å²) in [6.45, 7) is 6.63. The third-order valence-electron chi connectivity index (χ3n) is 3.95. The van der Waals surface area contributed by atoms with Gasteiger partial charge in [-0.15, -0.1) is 11.3 Å². The number of thioether (sulfide) groups is 1. The second-order valence-corrected chi connectivity index (χ2v) is 8.06. The molecular weight excluding hydrogens is 320 g/mol. The summed E-state index contributed by atoms with van der Waals surface area (Å²) in [5.74, 6) is 0.0331. The topological polar surface area (TPSA) is 56.8 Å². The third-order valence-corrected chi connectivity index (χ3v) is 5.82. The molecule has 1 aromatic heterocycles. The zero-order valence-electron chi connectivity index (χ0n) is 12.8. The fourth-order valence-corrected chi connectivity index (χ4v) is 4.38. The van der Waals surface area contributed by atoms with Crippen LogP contribution in [0.25, 0.3) is 0 Å². The molecule has 22 heavy (non-hydrogen) atoms. The minimum absolute atomic E-state index is 0.0331. The molecule has 1 amide bonds. The fraction of sp³-hybridized carbons (Fsp3) is 0.643. The number of likely N-dealkylation sites (N-methyl/N-ethyl adjacent to an activating group) is 1. The van der Waals surface area contributed by atoms with Crippen molar-refractivity contribution in [3.05, 3.63) is 11.1 Å². The molecule has 3 rings (SSSR count). The number of carbonyl (C=O) groups excluding carboxylic acids is 2. The van der Waals surface area contributed by atoms with Gasteiger partial charge in [0, 0.05) is 56.8 Å². The van der Waals surface area contributed by atoms with E-state index in [1.54, 1.807) is 6.92 Å². The van der Waals surface area contributed by atoms with Crippen LogP contribution in [0.2, 0.25) is 0 Å². The van der Waals surface area contributed by atoms with Gasteiger partial charge < -0.3 is 14.7 Å². The number of hydrogen-bond donors (Lipinski definition) is 0. The first-order valence-electron chi connectivity index (χ1n) is 7.38. The van der Waals surface area contributed by atoms with E-state index in [4.69, 9.17) is 0 Å². The summed E-state index contributed by atoms with van der Waals surface area (Å²) in [6, 6.07) is 0. The average Bonchev–Trinajstić information content (AvgIpc) is 2.91. The Morgan fingerprint density at radius 1 is 1.27 bits per heavy atom. The standard InChI is InChI=1S/C14H20N4O2S2/c1-10(19)22-11-7-18(8-11)14-15-12(9-21-14)13(20)17-5-3-16(2)4-6-17/h9,11H,3-8H2,1-2H3. The Morgan fingerprint density at radius 3 is 2.59 bits per heavy atom. The second kappa shape index (κ2) is 6.55. The SMILES string of the molecule is CC(=O)SC1CN(c2nc(C(=O)N3CCN(C)CC3)cs2)C1. The maximum atomic E-state index is 12.4. The highest BCUT2D eigenvalue weighted by Gasteiger charge is 2.31. The lowest BCUT2D eigenvalue weighted by Crippen LogP contribution is -2.49. The molecule has 2 fully saturated rings. The van der Waals surface area contributed by atoms with Gasteiger partial charge in [-0.3, -0.25) is 9.59 Å². The Bertz CT molecular complexity index is 563. The van der Waals surface area contributed by atoms with Gasteiger partial charge in [0.05, 0.1) is 0 Å². The van der Waals surface area contributed by atoms with Crippen molar-refractivity contribution in [2.45, 2.75) is 12.2 Å². The number of piperazine rings is 1. The molecule has 0 aromatic carbocycles. The average molecular weight is 340 g/mol. The molecule has 6 nitrogen and oxygen atoms in total. The van der Waals surface area contributed by atoms with Crippen LogP contribution in [0.1, 0.15) is 17.4 Å². The predicted octanol–water partition coefficient (Wildman–Crippen LogP) is 0.999. The first kappa shape index (κ1) is 15.8. The van der Waals surface area contributed by atoms with Crippen LogP contribution in [0.5, 0.6) is 0 Å². The van der Waals surface area contributed by atoms with Crippen molar-refractivity contribution in [1.29, 1.82) is 0 Å². The van der Waals surface area contributed by atoms with Crippen LogP contribution >= 0.6 is 23.1 Å². The zero-order chi connectivity index (χ0) is 15.7. The quantitative estimate of drug-likeness (QED) is 0.818. The van der Waals surface area contributed by atoms with Crippen LogP contribution in [-0.4, -0.2) is 77.4 Å². The molecule has 0 unspecified atom stereocenters. The van der Waals surface area contributed by atoms with Gasteiger partial charge in [-0.2, -0.15) is 0 Å². The minimum atomic E-state index is 0.0331. The molecule has 3 heterocycles. The number of hydrogen-bond acceptors (Lipinski definition) is 7. The van der Waals surface area contributed by atoms with Crippen molar-refractivity contribution < 1.29 is 9.59 Å². The summed E-state index contributed by atoms with van der Waals surface area (Å²) < 4.78 is 0. The summed E-state index contributed by atoms with van der Waals surface area (Å²) in [7, 11) is 2.07. The molecule has 1 aromatic rings. The maximum absolute atomic E-state index is 12.4. The summed E-state index contributed by atoms with van der Waals surface area (Å²) in [4.78, 5) is 34.2. The first-order chi connectivity index (χ1) is 10.5. The number of amides is 1. The lowest BCUT2D eigenvalue weighted by Gasteiger charge is -2.37. The lowest BCUT2D eigenvalue weighted by molar-refractivity contribution is -0.109. The number of thiazole rings is 1. The molecule has 0 radical (unpaired) electrons. The Morgan fingerprint density at radius 2 is 1.95 bits per heavy atom. The number of aromatic nitrogens is 1.